The van der Waals surface area contributed by atoms with Gasteiger partial charge in [0.1, 0.15) is 73.1 Å². The van der Waals surface area contributed by atoms with Crippen LogP contribution in [0, 0.1) is 41.4 Å². The first kappa shape index (κ1) is 87.5. The molecule has 1 rings (SSSR count). The summed E-state index contributed by atoms with van der Waals surface area (Å²) < 4.78 is 22.4. The molecule has 0 aromatic heterocycles. The Morgan fingerprint density at radius 3 is 1.41 bits per heavy atom. The molecule has 0 aromatic carbocycles. The summed E-state index contributed by atoms with van der Waals surface area (Å²) in [5, 5.41) is 11.1. The normalized spacial score (nSPS) is 25.0. The summed E-state index contributed by atoms with van der Waals surface area (Å²) in [7, 11) is 11.4. The molecule has 0 spiro atoms. The second kappa shape index (κ2) is 42.4. The van der Waals surface area contributed by atoms with Gasteiger partial charge in [0, 0.05) is 56.4 Å². The third-order valence-electron chi connectivity index (χ3n) is 17.6. The third-order valence-corrected chi connectivity index (χ3v) is 17.6. The van der Waals surface area contributed by atoms with E-state index < -0.39 is 168 Å². The van der Waals surface area contributed by atoms with Gasteiger partial charge in [-0.2, -0.15) is 0 Å². The molecule has 96 heavy (non-hydrogen) atoms. The van der Waals surface area contributed by atoms with Gasteiger partial charge in [0.25, 0.3) is 0 Å². The number of rotatable bonds is 25. The Labute approximate surface area is 573 Å². The Bertz CT molecular complexity index is 2550. The maximum absolute atomic E-state index is 15.7. The van der Waals surface area contributed by atoms with E-state index in [0.717, 1.165) is 9.80 Å². The van der Waals surface area contributed by atoms with Crippen molar-refractivity contribution in [1.29, 1.82) is 0 Å². The zero-order chi connectivity index (χ0) is 73.9. The largest absolute Gasteiger partial charge is 0.458 e. The quantitative estimate of drug-likeness (QED) is 0.0748. The van der Waals surface area contributed by atoms with Crippen molar-refractivity contribution in [2.24, 2.45) is 41.4 Å². The summed E-state index contributed by atoms with van der Waals surface area (Å²) in [4.78, 5) is 185. The fourth-order valence-electron chi connectivity index (χ4n) is 11.8. The lowest BCUT2D eigenvalue weighted by Gasteiger charge is -2.42. The molecule has 12 atom stereocenters. The average molecular weight is 1360 g/mol. The monoisotopic (exact) mass is 1360 g/mol. The van der Waals surface area contributed by atoms with Crippen molar-refractivity contribution in [1.82, 2.24) is 55.6 Å². The van der Waals surface area contributed by atoms with E-state index in [1.54, 1.807) is 41.5 Å². The molecule has 0 aliphatic carbocycles. The van der Waals surface area contributed by atoms with Crippen LogP contribution in [0.2, 0.25) is 0 Å². The molecule has 27 heteroatoms. The zero-order valence-electron chi connectivity index (χ0n) is 63.0. The number of hydrogen-bond donors (Lipinski definition) is 4. The third kappa shape index (κ3) is 26.7. The van der Waals surface area contributed by atoms with Gasteiger partial charge in [-0.15, -0.1) is 0 Å². The number of carbonyl (C=O) groups excluding carboxylic acids is 12. The number of amides is 11. The standard InChI is InChI=1S/C69H125N11O16/c1-26-28-29-46(15)59(96-55(82)39-95-33-32-94-31-30-93-25)58-63(86)72-49(27-2)65(88)74(18)38-54(81)75(19)50(34-40(3)4)62(85)73-56(44(11)12)68(91)76(20)51(35-41(5)6)61(84)70-47(16)60(83)71-48(17)64(87)77(21)52(36-42(7)8)66(89)78(22)53(37-43(9)10)67(90)79(23)57(45(13)14)69(92)80(58)24/h40-53,56-59H,26-39H2,1-25H3,(H,70,84)(H,71,83)(H,72,86)(H,73,85). The molecule has 0 radical (unpaired) electrons. The lowest BCUT2D eigenvalue weighted by Crippen LogP contribution is -2.64. The highest BCUT2D eigenvalue weighted by atomic mass is 16.6. The van der Waals surface area contributed by atoms with Gasteiger partial charge in [-0.05, 0) is 93.8 Å². The van der Waals surface area contributed by atoms with E-state index in [2.05, 4.69) is 21.3 Å². The lowest BCUT2D eigenvalue weighted by molar-refractivity contribution is -0.169. The van der Waals surface area contributed by atoms with Gasteiger partial charge in [-0.3, -0.25) is 52.7 Å². The minimum absolute atomic E-state index is 0.00787. The molecule has 1 aliphatic rings. The summed E-state index contributed by atoms with van der Waals surface area (Å²) in [6, 6.07) is -12.7. The van der Waals surface area contributed by atoms with Gasteiger partial charge in [0.2, 0.25) is 65.0 Å². The molecular formula is C69H125N11O16. The van der Waals surface area contributed by atoms with Crippen LogP contribution in [0.1, 0.15) is 169 Å². The zero-order valence-corrected chi connectivity index (χ0v) is 63.0. The molecule has 1 fully saturated rings. The summed E-state index contributed by atoms with van der Waals surface area (Å²) in [5.74, 6) is -11.0. The van der Waals surface area contributed by atoms with Crippen LogP contribution in [-0.2, 0) is 76.5 Å². The van der Waals surface area contributed by atoms with Crippen LogP contribution in [0.3, 0.4) is 0 Å². The summed E-state index contributed by atoms with van der Waals surface area (Å²) in [6.45, 7) is 29.6. The number of carbonyl (C=O) groups is 12. The molecule has 1 aliphatic heterocycles. The fraction of sp³-hybridized carbons (Fsp3) is 0.826. The second-order valence-electron chi connectivity index (χ2n) is 28.6. The van der Waals surface area contributed by atoms with Crippen LogP contribution >= 0.6 is 0 Å². The maximum atomic E-state index is 15.7. The number of unbranched alkanes of at least 4 members (excludes halogenated alkanes) is 1. The Hall–Kier alpha value is -6.48. The van der Waals surface area contributed by atoms with Gasteiger partial charge in [-0.25, -0.2) is 4.79 Å². The van der Waals surface area contributed by atoms with Crippen LogP contribution in [0.5, 0.6) is 0 Å². The summed E-state index contributed by atoms with van der Waals surface area (Å²) in [6.07, 6.45) is 0.863. The van der Waals surface area contributed by atoms with Crippen LogP contribution in [0.4, 0.5) is 0 Å². The van der Waals surface area contributed by atoms with Crippen molar-refractivity contribution in [3.8, 4) is 0 Å². The second-order valence-corrected chi connectivity index (χ2v) is 28.6. The van der Waals surface area contributed by atoms with Crippen LogP contribution in [-0.4, -0.2) is 268 Å². The minimum Gasteiger partial charge on any atom is -0.458 e. The van der Waals surface area contributed by atoms with Crippen molar-refractivity contribution in [2.45, 2.75) is 236 Å². The molecule has 12 unspecified atom stereocenters. The highest BCUT2D eigenvalue weighted by molar-refractivity contribution is 5.99. The molecule has 0 aromatic rings. The Morgan fingerprint density at radius 1 is 0.469 bits per heavy atom. The van der Waals surface area contributed by atoms with Gasteiger partial charge >= 0.3 is 5.97 Å². The van der Waals surface area contributed by atoms with Gasteiger partial charge in [0.15, 0.2) is 0 Å². The van der Waals surface area contributed by atoms with E-state index in [1.807, 2.05) is 62.3 Å². The molecule has 1 saturated heterocycles. The van der Waals surface area contributed by atoms with Crippen LogP contribution < -0.4 is 21.3 Å². The van der Waals surface area contributed by atoms with E-state index >= 15 is 19.2 Å². The van der Waals surface area contributed by atoms with E-state index in [1.165, 1.54) is 94.8 Å². The number of methoxy groups -OCH3 is 1. The molecule has 4 N–H and O–H groups in total. The molecular weight excluding hydrogens is 1240 g/mol. The topological polar surface area (TPSA) is 313 Å². The van der Waals surface area contributed by atoms with Crippen LogP contribution in [0.15, 0.2) is 0 Å². The first-order valence-electron chi connectivity index (χ1n) is 34.5. The van der Waals surface area contributed by atoms with Gasteiger partial charge in [-0.1, -0.05) is 117 Å². The predicted molar refractivity (Wildman–Crippen MR) is 366 cm³/mol. The smallest absolute Gasteiger partial charge is 0.332 e. The number of esters is 1. The summed E-state index contributed by atoms with van der Waals surface area (Å²) in [5.41, 5.74) is 0. The van der Waals surface area contributed by atoms with Crippen molar-refractivity contribution in [2.75, 3.05) is 96.0 Å². The molecule has 27 nitrogen and oxygen atoms in total. The molecule has 552 valence electrons. The van der Waals surface area contributed by atoms with Crippen LogP contribution in [0.25, 0.3) is 0 Å². The average Bonchev–Trinajstić information content (AvgIpc) is 0.804. The molecule has 1 heterocycles. The predicted octanol–water partition coefficient (Wildman–Crippen LogP) is 3.72. The molecule has 11 amide bonds. The van der Waals surface area contributed by atoms with Crippen molar-refractivity contribution in [3.05, 3.63) is 0 Å². The van der Waals surface area contributed by atoms with E-state index in [-0.39, 0.29) is 75.6 Å². The SMILES string of the molecule is CCCCC(C)C(OC(=O)COCCOCCOC)C1C(=O)NC(CC)C(=O)N(C)CC(=O)N(C)C(CC(C)C)C(=O)NC(C(C)C)C(=O)N(C)C(CC(C)C)C(=O)NC(C)C(=O)NC(C)C(=O)N(C)C(CC(C)C)C(=O)N(C)C(CC(C)C)C(=O)N(C)C(C(C)C)C(=O)N1C. The Balaban J connectivity index is 4.49. The first-order chi connectivity index (χ1) is 44.6. The molecule has 0 bridgehead atoms. The highest BCUT2D eigenvalue weighted by Gasteiger charge is 2.47. The van der Waals surface area contributed by atoms with E-state index in [9.17, 15) is 38.4 Å². The highest BCUT2D eigenvalue weighted by Crippen LogP contribution is 2.27. The Kier molecular flexibility index (Phi) is 38.6. The number of ether oxygens (including phenoxy) is 4. The maximum Gasteiger partial charge on any atom is 0.332 e. The number of nitrogens with zero attached hydrogens (tertiary/aromatic N) is 7. The lowest BCUT2D eigenvalue weighted by atomic mass is 9.90. The van der Waals surface area contributed by atoms with E-state index in [0.29, 0.717) is 25.9 Å². The van der Waals surface area contributed by atoms with Crippen molar-refractivity contribution in [3.63, 3.8) is 0 Å². The van der Waals surface area contributed by atoms with Crippen molar-refractivity contribution >= 4 is 70.9 Å². The van der Waals surface area contributed by atoms with E-state index in [4.69, 9.17) is 18.9 Å². The summed E-state index contributed by atoms with van der Waals surface area (Å²) >= 11 is 0. The fourth-order valence-corrected chi connectivity index (χ4v) is 11.8. The molecule has 0 saturated carbocycles. The minimum atomic E-state index is -1.67. The number of hydrogen-bond acceptors (Lipinski definition) is 16. The first-order valence-corrected chi connectivity index (χ1v) is 34.5. The van der Waals surface area contributed by atoms with Gasteiger partial charge < -0.3 is 74.5 Å². The van der Waals surface area contributed by atoms with Gasteiger partial charge in [0.05, 0.1) is 33.0 Å². The van der Waals surface area contributed by atoms with Crippen molar-refractivity contribution < 1.29 is 76.5 Å². The number of nitrogens with one attached hydrogen (secondary N) is 4. The number of likely N-dealkylation sites (N-methyl/N-ethyl adjacent to an activating group) is 7. The Morgan fingerprint density at radius 2 is 0.917 bits per heavy atom.